The molecule has 124 valence electrons. The molecule has 2 amide bonds. The molecular formula is C15H16F3N3OS. The lowest BCUT2D eigenvalue weighted by Gasteiger charge is -2.15. The van der Waals surface area contributed by atoms with Crippen LogP contribution >= 0.6 is 11.3 Å². The number of carbonyl (C=O) groups excluding carboxylic acids is 1. The van der Waals surface area contributed by atoms with E-state index in [9.17, 15) is 18.0 Å². The third kappa shape index (κ3) is 4.22. The van der Waals surface area contributed by atoms with Gasteiger partial charge in [-0.2, -0.15) is 0 Å². The van der Waals surface area contributed by atoms with Crippen LogP contribution in [0.2, 0.25) is 0 Å². The molecular weight excluding hydrogens is 327 g/mol. The number of halogens is 3. The minimum atomic E-state index is -1.53. The van der Waals surface area contributed by atoms with E-state index in [4.69, 9.17) is 0 Å². The summed E-state index contributed by atoms with van der Waals surface area (Å²) in [6.07, 6.45) is 0. The van der Waals surface area contributed by atoms with E-state index in [0.29, 0.717) is 0 Å². The van der Waals surface area contributed by atoms with Gasteiger partial charge in [0.1, 0.15) is 5.01 Å². The third-order valence-corrected chi connectivity index (χ3v) is 4.40. The highest BCUT2D eigenvalue weighted by atomic mass is 32.1. The van der Waals surface area contributed by atoms with Crippen molar-refractivity contribution in [2.45, 2.75) is 33.4 Å². The Morgan fingerprint density at radius 3 is 2.39 bits per heavy atom. The van der Waals surface area contributed by atoms with Crippen molar-refractivity contribution in [3.63, 3.8) is 0 Å². The summed E-state index contributed by atoms with van der Waals surface area (Å²) in [5.41, 5.74) is 1.05. The standard InChI is InChI=1S/C15H16F3N3OS/c1-7-9(3)23-13(20-7)6-19-15(22)21-8(2)10-4-11(16)14(18)12(17)5-10/h4-5,8H,6H2,1-3H3,(H2,19,21,22). The molecule has 4 nitrogen and oxygen atoms in total. The van der Waals surface area contributed by atoms with Crippen molar-refractivity contribution in [1.29, 1.82) is 0 Å². The minimum absolute atomic E-state index is 0.137. The van der Waals surface area contributed by atoms with Crippen LogP contribution in [0.4, 0.5) is 18.0 Å². The predicted octanol–water partition coefficient (Wildman–Crippen LogP) is 3.74. The number of nitrogens with one attached hydrogen (secondary N) is 2. The molecule has 2 rings (SSSR count). The summed E-state index contributed by atoms with van der Waals surface area (Å²) in [5, 5.41) is 5.92. The molecule has 0 spiro atoms. The normalized spacial score (nSPS) is 12.1. The Bertz CT molecular complexity index is 690. The molecule has 0 fully saturated rings. The van der Waals surface area contributed by atoms with Gasteiger partial charge in [-0.3, -0.25) is 0 Å². The Morgan fingerprint density at radius 1 is 1.26 bits per heavy atom. The van der Waals surface area contributed by atoms with Gasteiger partial charge in [0.2, 0.25) is 0 Å². The number of hydrogen-bond acceptors (Lipinski definition) is 3. The first kappa shape index (κ1) is 17.3. The summed E-state index contributed by atoms with van der Waals surface area (Å²) < 4.78 is 39.3. The Balaban J connectivity index is 1.94. The maximum Gasteiger partial charge on any atom is 0.315 e. The first-order valence-electron chi connectivity index (χ1n) is 6.89. The molecule has 0 saturated heterocycles. The fourth-order valence-corrected chi connectivity index (χ4v) is 2.80. The van der Waals surface area contributed by atoms with Crippen LogP contribution < -0.4 is 10.6 Å². The van der Waals surface area contributed by atoms with Crippen LogP contribution in [0, 0.1) is 31.3 Å². The number of amides is 2. The molecule has 0 aliphatic rings. The van der Waals surface area contributed by atoms with Crippen LogP contribution in [0.5, 0.6) is 0 Å². The lowest BCUT2D eigenvalue weighted by Crippen LogP contribution is -2.36. The highest BCUT2D eigenvalue weighted by Crippen LogP contribution is 2.19. The predicted molar refractivity (Wildman–Crippen MR) is 81.7 cm³/mol. The van der Waals surface area contributed by atoms with Crippen LogP contribution in [-0.4, -0.2) is 11.0 Å². The molecule has 1 unspecified atom stereocenters. The van der Waals surface area contributed by atoms with Crippen molar-refractivity contribution in [1.82, 2.24) is 15.6 Å². The average Bonchev–Trinajstić information content (AvgIpc) is 2.80. The Morgan fingerprint density at radius 2 is 1.87 bits per heavy atom. The highest BCUT2D eigenvalue weighted by molar-refractivity contribution is 7.11. The topological polar surface area (TPSA) is 54.0 Å². The Hall–Kier alpha value is -2.09. The number of nitrogens with zero attached hydrogens (tertiary/aromatic N) is 1. The van der Waals surface area contributed by atoms with Crippen LogP contribution in [0.15, 0.2) is 12.1 Å². The van der Waals surface area contributed by atoms with E-state index in [1.165, 1.54) is 11.3 Å². The zero-order valence-electron chi connectivity index (χ0n) is 12.8. The Labute approximate surface area is 135 Å². The average molecular weight is 343 g/mol. The summed E-state index contributed by atoms with van der Waals surface area (Å²) >= 11 is 1.48. The second-order valence-electron chi connectivity index (χ2n) is 5.10. The number of hydrogen-bond donors (Lipinski definition) is 2. The fraction of sp³-hybridized carbons (Fsp3) is 0.333. The first-order valence-corrected chi connectivity index (χ1v) is 7.71. The maximum absolute atomic E-state index is 13.2. The summed E-state index contributed by atoms with van der Waals surface area (Å²) in [5.74, 6) is -4.11. The van der Waals surface area contributed by atoms with E-state index in [1.807, 2.05) is 13.8 Å². The zero-order valence-corrected chi connectivity index (χ0v) is 13.7. The van der Waals surface area contributed by atoms with E-state index in [1.54, 1.807) is 6.92 Å². The molecule has 1 aromatic carbocycles. The van der Waals surface area contributed by atoms with Crippen molar-refractivity contribution in [2.24, 2.45) is 0 Å². The molecule has 1 heterocycles. The zero-order chi connectivity index (χ0) is 17.1. The van der Waals surface area contributed by atoms with Crippen molar-refractivity contribution in [3.05, 3.63) is 50.7 Å². The number of benzene rings is 1. The van der Waals surface area contributed by atoms with Gasteiger partial charge in [0.25, 0.3) is 0 Å². The van der Waals surface area contributed by atoms with Gasteiger partial charge < -0.3 is 10.6 Å². The quantitative estimate of drug-likeness (QED) is 0.831. The van der Waals surface area contributed by atoms with Crippen molar-refractivity contribution in [3.8, 4) is 0 Å². The van der Waals surface area contributed by atoms with E-state index in [0.717, 1.165) is 27.7 Å². The summed E-state index contributed by atoms with van der Waals surface area (Å²) in [6.45, 7) is 5.62. The number of carbonyl (C=O) groups is 1. The van der Waals surface area contributed by atoms with Gasteiger partial charge in [-0.25, -0.2) is 22.9 Å². The van der Waals surface area contributed by atoms with Gasteiger partial charge in [-0.15, -0.1) is 11.3 Å². The van der Waals surface area contributed by atoms with E-state index < -0.39 is 29.5 Å². The number of thiazole rings is 1. The molecule has 1 aromatic heterocycles. The molecule has 0 saturated carbocycles. The first-order chi connectivity index (χ1) is 10.8. The molecule has 23 heavy (non-hydrogen) atoms. The second-order valence-corrected chi connectivity index (χ2v) is 6.38. The van der Waals surface area contributed by atoms with Crippen molar-refractivity contribution < 1.29 is 18.0 Å². The summed E-state index contributed by atoms with van der Waals surface area (Å²) in [6, 6.07) is 0.529. The number of aromatic nitrogens is 1. The lowest BCUT2D eigenvalue weighted by atomic mass is 10.1. The molecule has 2 N–H and O–H groups in total. The van der Waals surface area contributed by atoms with Gasteiger partial charge in [-0.1, -0.05) is 0 Å². The van der Waals surface area contributed by atoms with Crippen LogP contribution in [0.25, 0.3) is 0 Å². The second kappa shape index (κ2) is 6.99. The number of rotatable bonds is 4. The molecule has 0 aliphatic carbocycles. The van der Waals surface area contributed by atoms with Gasteiger partial charge in [0, 0.05) is 4.88 Å². The van der Waals surface area contributed by atoms with Gasteiger partial charge >= 0.3 is 6.03 Å². The van der Waals surface area contributed by atoms with Crippen molar-refractivity contribution in [2.75, 3.05) is 0 Å². The third-order valence-electron chi connectivity index (χ3n) is 3.33. The molecule has 8 heteroatoms. The molecule has 0 aliphatic heterocycles. The largest absolute Gasteiger partial charge is 0.332 e. The SMILES string of the molecule is Cc1nc(CNC(=O)NC(C)c2cc(F)c(F)c(F)c2)sc1C. The molecule has 2 aromatic rings. The maximum atomic E-state index is 13.2. The van der Waals surface area contributed by atoms with Crippen LogP contribution in [-0.2, 0) is 6.54 Å². The molecule has 0 radical (unpaired) electrons. The van der Waals surface area contributed by atoms with Crippen molar-refractivity contribution >= 4 is 17.4 Å². The molecule has 1 atom stereocenters. The lowest BCUT2D eigenvalue weighted by molar-refractivity contribution is 0.237. The van der Waals surface area contributed by atoms with E-state index in [2.05, 4.69) is 15.6 Å². The van der Waals surface area contributed by atoms with Crippen LogP contribution in [0.1, 0.15) is 34.1 Å². The van der Waals surface area contributed by atoms with Gasteiger partial charge in [-0.05, 0) is 38.5 Å². The Kier molecular flexibility index (Phi) is 5.25. The number of aryl methyl sites for hydroxylation is 2. The molecule has 0 bridgehead atoms. The number of urea groups is 1. The van der Waals surface area contributed by atoms with Crippen LogP contribution in [0.3, 0.4) is 0 Å². The van der Waals surface area contributed by atoms with E-state index >= 15 is 0 Å². The summed E-state index contributed by atoms with van der Waals surface area (Å²) in [4.78, 5) is 17.2. The highest BCUT2D eigenvalue weighted by Gasteiger charge is 2.16. The van der Waals surface area contributed by atoms with E-state index in [-0.39, 0.29) is 12.1 Å². The van der Waals surface area contributed by atoms with Gasteiger partial charge in [0.15, 0.2) is 17.5 Å². The fourth-order valence-electron chi connectivity index (χ4n) is 1.93. The monoisotopic (exact) mass is 343 g/mol. The summed E-state index contributed by atoms with van der Waals surface area (Å²) in [7, 11) is 0. The minimum Gasteiger partial charge on any atom is -0.332 e. The smallest absolute Gasteiger partial charge is 0.315 e. The van der Waals surface area contributed by atoms with Gasteiger partial charge in [0.05, 0.1) is 18.3 Å².